The van der Waals surface area contributed by atoms with Crippen LogP contribution in [0.25, 0.3) is 0 Å². The molecule has 2 aliphatic rings. The lowest BCUT2D eigenvalue weighted by molar-refractivity contribution is -0.216. The number of amides is 1. The Balaban J connectivity index is 1.63. The summed E-state index contributed by atoms with van der Waals surface area (Å²) in [4.78, 5) is 31.2. The molecule has 9 heteroatoms. The number of anilines is 1. The van der Waals surface area contributed by atoms with Gasteiger partial charge in [0.25, 0.3) is 5.91 Å². The zero-order valence-electron chi connectivity index (χ0n) is 14.2. The number of hydrogen-bond acceptors (Lipinski definition) is 8. The van der Waals surface area contributed by atoms with Gasteiger partial charge in [-0.25, -0.2) is 0 Å². The van der Waals surface area contributed by atoms with Gasteiger partial charge in [-0.2, -0.15) is 4.89 Å². The average molecular weight is 408 g/mol. The highest BCUT2D eigenvalue weighted by Gasteiger charge is 2.31. The van der Waals surface area contributed by atoms with E-state index in [9.17, 15) is 4.79 Å². The molecule has 2 heterocycles. The van der Waals surface area contributed by atoms with Gasteiger partial charge in [0.15, 0.2) is 0 Å². The molecule has 0 spiro atoms. The van der Waals surface area contributed by atoms with Crippen LogP contribution < -0.4 is 4.90 Å². The van der Waals surface area contributed by atoms with E-state index in [0.717, 1.165) is 10.7 Å². The lowest BCUT2D eigenvalue weighted by Gasteiger charge is -2.13. The van der Waals surface area contributed by atoms with Crippen LogP contribution in [0.3, 0.4) is 0 Å². The summed E-state index contributed by atoms with van der Waals surface area (Å²) in [5, 5.41) is 1.06. The van der Waals surface area contributed by atoms with E-state index >= 15 is 0 Å². The molecule has 1 saturated heterocycles. The molecule has 2 aliphatic heterocycles. The fourth-order valence-corrected chi connectivity index (χ4v) is 4.67. The summed E-state index contributed by atoms with van der Waals surface area (Å²) >= 11 is 8.26. The van der Waals surface area contributed by atoms with Crippen molar-refractivity contribution in [1.29, 1.82) is 0 Å². The molecule has 0 unspecified atom stereocenters. The van der Waals surface area contributed by atoms with Crippen LogP contribution in [-0.4, -0.2) is 48.8 Å². The average Bonchev–Trinajstić information content (AvgIpc) is 3.10. The van der Waals surface area contributed by atoms with Crippen molar-refractivity contribution in [3.63, 3.8) is 0 Å². The zero-order chi connectivity index (χ0) is 18.5. The zero-order valence-corrected chi connectivity index (χ0v) is 16.7. The Morgan fingerprint density at radius 2 is 2.08 bits per heavy atom. The fraction of sp³-hybridized carbons (Fsp3) is 0.235. The number of hydrogen-bond donors (Lipinski definition) is 0. The highest BCUT2D eigenvalue weighted by molar-refractivity contribution is 8.26. The Hall–Kier alpha value is -1.81. The van der Waals surface area contributed by atoms with E-state index < -0.39 is 0 Å². The summed E-state index contributed by atoms with van der Waals surface area (Å²) in [6.07, 6.45) is 4.96. The van der Waals surface area contributed by atoms with E-state index in [0.29, 0.717) is 15.8 Å². The van der Waals surface area contributed by atoms with Crippen LogP contribution in [0.2, 0.25) is 0 Å². The highest BCUT2D eigenvalue weighted by Crippen LogP contribution is 2.44. The maximum atomic E-state index is 12.5. The molecule has 0 saturated carbocycles. The molecule has 6 nitrogen and oxygen atoms in total. The number of rotatable bonds is 6. The molecule has 0 aromatic heterocycles. The van der Waals surface area contributed by atoms with Gasteiger partial charge in [0, 0.05) is 19.0 Å². The smallest absolute Gasteiger partial charge is 0.266 e. The van der Waals surface area contributed by atoms with Crippen molar-refractivity contribution >= 4 is 58.1 Å². The number of aliphatic imine (C=N–C) groups is 1. The molecule has 136 valence electrons. The molecular formula is C17H17N3O3S3. The van der Waals surface area contributed by atoms with Crippen LogP contribution in [0.5, 0.6) is 0 Å². The highest BCUT2D eigenvalue weighted by atomic mass is 32.2. The minimum absolute atomic E-state index is 0.118. The van der Waals surface area contributed by atoms with E-state index in [2.05, 4.69) is 26.9 Å². The number of para-hydroxylation sites is 1. The van der Waals surface area contributed by atoms with Crippen LogP contribution in [0.15, 0.2) is 56.2 Å². The first kappa shape index (κ1) is 19.0. The van der Waals surface area contributed by atoms with E-state index in [1.54, 1.807) is 18.8 Å². The monoisotopic (exact) mass is 407 g/mol. The van der Waals surface area contributed by atoms with Gasteiger partial charge >= 0.3 is 0 Å². The van der Waals surface area contributed by atoms with Crippen LogP contribution in [0.1, 0.15) is 0 Å². The number of carbonyl (C=O) groups excluding carboxylic acids is 1. The molecule has 3 rings (SSSR count). The number of allylic oxidation sites excluding steroid dienone is 2. The lowest BCUT2D eigenvalue weighted by Crippen LogP contribution is -2.31. The van der Waals surface area contributed by atoms with Crippen LogP contribution >= 0.6 is 35.7 Å². The van der Waals surface area contributed by atoms with Crippen LogP contribution in [0, 0.1) is 0 Å². The predicted molar refractivity (Wildman–Crippen MR) is 110 cm³/mol. The second-order valence-corrected chi connectivity index (χ2v) is 8.01. The van der Waals surface area contributed by atoms with Gasteiger partial charge in [0.2, 0.25) is 6.40 Å². The lowest BCUT2D eigenvalue weighted by atomic mass is 10.3. The second-order valence-electron chi connectivity index (χ2n) is 5.27. The number of carbonyl (C=O) groups is 1. The van der Waals surface area contributed by atoms with Gasteiger partial charge < -0.3 is 9.79 Å². The van der Waals surface area contributed by atoms with Gasteiger partial charge in [-0.05, 0) is 24.3 Å². The van der Waals surface area contributed by atoms with Crippen molar-refractivity contribution in [2.24, 2.45) is 4.99 Å². The maximum absolute atomic E-state index is 12.5. The first-order chi connectivity index (χ1) is 12.6. The van der Waals surface area contributed by atoms with E-state index in [1.807, 2.05) is 31.3 Å². The van der Waals surface area contributed by atoms with Crippen molar-refractivity contribution in [2.45, 2.75) is 4.90 Å². The molecule has 0 N–H and O–H groups in total. The van der Waals surface area contributed by atoms with Crippen molar-refractivity contribution in [1.82, 2.24) is 4.90 Å². The minimum atomic E-state index is -0.118. The standard InChI is InChI=1S/C17H17N3O3S3/c1-18-11-23-22-10-9-20-16(21)14(26-17(20)24)7-8-15-19(2)12-5-3-4-6-13(12)25-15/h3-8,11H,9-10H2,1-2H3/b14-7?,15-8?,18-11+. The molecular weight excluding hydrogens is 390 g/mol. The summed E-state index contributed by atoms with van der Waals surface area (Å²) in [6, 6.07) is 8.20. The van der Waals surface area contributed by atoms with Crippen molar-refractivity contribution in [3.05, 3.63) is 46.4 Å². The molecule has 1 amide bonds. The number of thioether (sulfide) groups is 2. The van der Waals surface area contributed by atoms with Gasteiger partial charge in [-0.15, -0.1) is 0 Å². The number of thiocarbonyl (C=S) groups is 1. The van der Waals surface area contributed by atoms with Gasteiger partial charge in [0.1, 0.15) is 10.9 Å². The van der Waals surface area contributed by atoms with E-state index in [1.165, 1.54) is 28.0 Å². The molecule has 1 fully saturated rings. The van der Waals surface area contributed by atoms with E-state index in [-0.39, 0.29) is 12.5 Å². The molecule has 0 atom stereocenters. The minimum Gasteiger partial charge on any atom is -0.338 e. The first-order valence-corrected chi connectivity index (χ1v) is 9.81. The third-order valence-electron chi connectivity index (χ3n) is 3.64. The van der Waals surface area contributed by atoms with Crippen LogP contribution in [0.4, 0.5) is 5.69 Å². The Morgan fingerprint density at radius 3 is 2.85 bits per heavy atom. The van der Waals surface area contributed by atoms with Crippen molar-refractivity contribution in [3.8, 4) is 0 Å². The molecule has 0 aliphatic carbocycles. The predicted octanol–water partition coefficient (Wildman–Crippen LogP) is 3.42. The number of fused-ring (bicyclic) bond motifs is 1. The number of benzene rings is 1. The Bertz CT molecular complexity index is 807. The van der Waals surface area contributed by atoms with Gasteiger partial charge in [-0.3, -0.25) is 14.7 Å². The topological polar surface area (TPSA) is 54.4 Å². The Morgan fingerprint density at radius 1 is 1.27 bits per heavy atom. The fourth-order valence-electron chi connectivity index (χ4n) is 2.37. The van der Waals surface area contributed by atoms with Gasteiger partial charge in [0.05, 0.1) is 22.2 Å². The molecule has 26 heavy (non-hydrogen) atoms. The first-order valence-electron chi connectivity index (χ1n) is 7.77. The molecule has 0 bridgehead atoms. The Labute approximate surface area is 165 Å². The summed E-state index contributed by atoms with van der Waals surface area (Å²) in [5.74, 6) is -0.118. The normalized spacial score (nSPS) is 20.1. The van der Waals surface area contributed by atoms with Crippen LogP contribution in [-0.2, 0) is 14.6 Å². The summed E-state index contributed by atoms with van der Waals surface area (Å²) in [6.45, 7) is 0.539. The van der Waals surface area contributed by atoms with E-state index in [4.69, 9.17) is 17.1 Å². The summed E-state index contributed by atoms with van der Waals surface area (Å²) < 4.78 is 0.517. The molecule has 1 aromatic carbocycles. The Kier molecular flexibility index (Phi) is 6.36. The summed E-state index contributed by atoms with van der Waals surface area (Å²) in [5.41, 5.74) is 1.16. The second kappa shape index (κ2) is 8.72. The summed E-state index contributed by atoms with van der Waals surface area (Å²) in [7, 11) is 3.59. The maximum Gasteiger partial charge on any atom is 0.266 e. The SMILES string of the molecule is C/N=C/OOCCN1C(=O)C(=CC=C2Sc3ccccc3N2C)SC1=S. The quantitative estimate of drug-likeness (QED) is 0.136. The van der Waals surface area contributed by atoms with Crippen molar-refractivity contribution < 1.29 is 14.6 Å². The molecule has 0 radical (unpaired) electrons. The van der Waals surface area contributed by atoms with Crippen molar-refractivity contribution in [2.75, 3.05) is 32.1 Å². The molecule has 1 aromatic rings. The third-order valence-corrected chi connectivity index (χ3v) is 6.22. The van der Waals surface area contributed by atoms with Gasteiger partial charge in [-0.1, -0.05) is 47.9 Å². The largest absolute Gasteiger partial charge is 0.338 e. The third kappa shape index (κ3) is 4.12. The number of nitrogens with zero attached hydrogens (tertiary/aromatic N) is 3.